The number of carbonyl (C=O) groups excluding carboxylic acids is 2. The summed E-state index contributed by atoms with van der Waals surface area (Å²) in [5.74, 6) is -0.149. The Hall–Kier alpha value is -0.900. The van der Waals surface area contributed by atoms with Crippen molar-refractivity contribution in [1.82, 2.24) is 4.90 Å². The predicted molar refractivity (Wildman–Crippen MR) is 77.1 cm³/mol. The van der Waals surface area contributed by atoms with Gasteiger partial charge in [0.05, 0.1) is 19.6 Å². The number of rotatable bonds is 11. The van der Waals surface area contributed by atoms with Crippen molar-refractivity contribution in [2.45, 2.75) is 65.8 Å². The lowest BCUT2D eigenvalue weighted by Crippen LogP contribution is -2.37. The molecular weight excluding hydrogens is 242 g/mol. The molecule has 0 spiro atoms. The summed E-state index contributed by atoms with van der Waals surface area (Å²) in [6, 6.07) is 0.415. The van der Waals surface area contributed by atoms with Crippen molar-refractivity contribution < 1.29 is 14.3 Å². The molecule has 0 saturated heterocycles. The molecule has 4 nitrogen and oxygen atoms in total. The number of unbranched alkanes of at least 4 members (excludes halogenated alkanes) is 1. The average molecular weight is 271 g/mol. The number of Topliss-reactive ketones (excluding diaryl/α,β-unsaturated/α-hetero) is 1. The largest absolute Gasteiger partial charge is 0.466 e. The fourth-order valence-electron chi connectivity index (χ4n) is 1.85. The van der Waals surface area contributed by atoms with Gasteiger partial charge in [-0.15, -0.1) is 0 Å². The molecule has 0 bridgehead atoms. The molecule has 0 aliphatic rings. The number of hydrogen-bond donors (Lipinski definition) is 0. The van der Waals surface area contributed by atoms with Gasteiger partial charge in [-0.05, 0) is 33.2 Å². The van der Waals surface area contributed by atoms with E-state index in [0.29, 0.717) is 19.2 Å². The van der Waals surface area contributed by atoms with E-state index in [4.69, 9.17) is 4.74 Å². The van der Waals surface area contributed by atoms with Gasteiger partial charge in [0.25, 0.3) is 0 Å². The van der Waals surface area contributed by atoms with E-state index in [2.05, 4.69) is 25.7 Å². The molecule has 0 heterocycles. The zero-order valence-corrected chi connectivity index (χ0v) is 12.9. The minimum atomic E-state index is -0.278. The Labute approximate surface area is 117 Å². The Bertz CT molecular complexity index is 266. The molecule has 4 heteroatoms. The minimum absolute atomic E-state index is 0.129. The van der Waals surface area contributed by atoms with Gasteiger partial charge in [0, 0.05) is 12.5 Å². The number of ether oxygens (including phenoxy) is 1. The number of ketones is 1. The highest BCUT2D eigenvalue weighted by molar-refractivity contribution is 5.84. The third kappa shape index (κ3) is 8.76. The molecule has 0 N–H and O–H groups in total. The fourth-order valence-corrected chi connectivity index (χ4v) is 1.85. The van der Waals surface area contributed by atoms with Crippen LogP contribution in [0.5, 0.6) is 0 Å². The third-order valence-electron chi connectivity index (χ3n) is 3.31. The fraction of sp³-hybridized carbons (Fsp3) is 0.867. The molecule has 0 saturated carbocycles. The van der Waals surface area contributed by atoms with Gasteiger partial charge in [0.15, 0.2) is 0 Å². The van der Waals surface area contributed by atoms with Gasteiger partial charge >= 0.3 is 5.97 Å². The Balaban J connectivity index is 4.11. The number of nitrogens with zero attached hydrogens (tertiary/aromatic N) is 1. The molecule has 0 radical (unpaired) electrons. The van der Waals surface area contributed by atoms with Gasteiger partial charge in [-0.1, -0.05) is 20.3 Å². The molecule has 0 aromatic rings. The lowest BCUT2D eigenvalue weighted by molar-refractivity contribution is -0.144. The first-order chi connectivity index (χ1) is 9.04. The van der Waals surface area contributed by atoms with E-state index < -0.39 is 0 Å². The molecule has 0 rings (SSSR count). The van der Waals surface area contributed by atoms with Crippen molar-refractivity contribution in [3.8, 4) is 0 Å². The summed E-state index contributed by atoms with van der Waals surface area (Å²) in [6.45, 7) is 9.99. The van der Waals surface area contributed by atoms with Gasteiger partial charge in [-0.25, -0.2) is 0 Å². The zero-order valence-electron chi connectivity index (χ0n) is 12.9. The van der Waals surface area contributed by atoms with E-state index in [1.54, 1.807) is 6.92 Å². The maximum atomic E-state index is 11.9. The molecule has 0 aromatic carbocycles. The molecule has 0 aromatic heterocycles. The van der Waals surface area contributed by atoms with Crippen LogP contribution in [-0.2, 0) is 14.3 Å². The van der Waals surface area contributed by atoms with Crippen LogP contribution in [0.4, 0.5) is 0 Å². The lowest BCUT2D eigenvalue weighted by atomic mass is 10.1. The standard InChI is InChI=1S/C15H29NO3/c1-5-8-11-16(13(4)6-2)12-14(17)9-10-15(18)19-7-3/h13H,5-12H2,1-4H3. The molecule has 112 valence electrons. The highest BCUT2D eigenvalue weighted by Gasteiger charge is 2.16. The highest BCUT2D eigenvalue weighted by Crippen LogP contribution is 2.07. The molecule has 1 unspecified atom stereocenters. The first kappa shape index (κ1) is 18.1. The first-order valence-corrected chi connectivity index (χ1v) is 7.46. The van der Waals surface area contributed by atoms with Crippen molar-refractivity contribution >= 4 is 11.8 Å². The maximum Gasteiger partial charge on any atom is 0.306 e. The average Bonchev–Trinajstić information content (AvgIpc) is 2.40. The maximum absolute atomic E-state index is 11.9. The summed E-state index contributed by atoms with van der Waals surface area (Å²) in [4.78, 5) is 25.3. The topological polar surface area (TPSA) is 46.6 Å². The van der Waals surface area contributed by atoms with E-state index >= 15 is 0 Å². The third-order valence-corrected chi connectivity index (χ3v) is 3.31. The summed E-state index contributed by atoms with van der Waals surface area (Å²) in [7, 11) is 0. The van der Waals surface area contributed by atoms with Crippen molar-refractivity contribution in [2.75, 3.05) is 19.7 Å². The van der Waals surface area contributed by atoms with Gasteiger partial charge in [-0.3, -0.25) is 14.5 Å². The van der Waals surface area contributed by atoms with Crippen LogP contribution in [-0.4, -0.2) is 42.4 Å². The van der Waals surface area contributed by atoms with Crippen molar-refractivity contribution in [2.24, 2.45) is 0 Å². The lowest BCUT2D eigenvalue weighted by Gasteiger charge is -2.27. The van der Waals surface area contributed by atoms with E-state index in [9.17, 15) is 9.59 Å². The second-order valence-electron chi connectivity index (χ2n) is 4.92. The second-order valence-corrected chi connectivity index (χ2v) is 4.92. The van der Waals surface area contributed by atoms with Crippen LogP contribution in [0, 0.1) is 0 Å². The Kier molecular flexibility index (Phi) is 10.5. The Morgan fingerprint density at radius 3 is 2.37 bits per heavy atom. The van der Waals surface area contributed by atoms with Gasteiger partial charge in [-0.2, -0.15) is 0 Å². The van der Waals surface area contributed by atoms with Crippen LogP contribution in [0.2, 0.25) is 0 Å². The first-order valence-electron chi connectivity index (χ1n) is 7.46. The van der Waals surface area contributed by atoms with Crippen LogP contribution < -0.4 is 0 Å². The number of hydrogen-bond acceptors (Lipinski definition) is 4. The Morgan fingerprint density at radius 2 is 1.84 bits per heavy atom. The second kappa shape index (κ2) is 11.0. The van der Waals surface area contributed by atoms with Gasteiger partial charge < -0.3 is 4.74 Å². The smallest absolute Gasteiger partial charge is 0.306 e. The molecule has 0 aliphatic carbocycles. The van der Waals surface area contributed by atoms with Crippen molar-refractivity contribution in [3.63, 3.8) is 0 Å². The molecular formula is C15H29NO3. The molecule has 0 aliphatic heterocycles. The Morgan fingerprint density at radius 1 is 1.16 bits per heavy atom. The van der Waals surface area contributed by atoms with E-state index in [1.165, 1.54) is 0 Å². The van der Waals surface area contributed by atoms with Crippen LogP contribution in [0.15, 0.2) is 0 Å². The van der Waals surface area contributed by atoms with Crippen LogP contribution in [0.1, 0.15) is 59.8 Å². The normalized spacial score (nSPS) is 12.5. The highest BCUT2D eigenvalue weighted by atomic mass is 16.5. The molecule has 1 atom stereocenters. The van der Waals surface area contributed by atoms with Crippen LogP contribution in [0.3, 0.4) is 0 Å². The molecule has 19 heavy (non-hydrogen) atoms. The van der Waals surface area contributed by atoms with Crippen LogP contribution in [0.25, 0.3) is 0 Å². The summed E-state index contributed by atoms with van der Waals surface area (Å²) in [6.07, 6.45) is 3.76. The summed E-state index contributed by atoms with van der Waals surface area (Å²) >= 11 is 0. The van der Waals surface area contributed by atoms with Gasteiger partial charge in [0.2, 0.25) is 0 Å². The summed E-state index contributed by atoms with van der Waals surface area (Å²) < 4.78 is 4.83. The number of carbonyl (C=O) groups is 2. The van der Waals surface area contributed by atoms with Crippen LogP contribution >= 0.6 is 0 Å². The minimum Gasteiger partial charge on any atom is -0.466 e. The summed E-state index contributed by atoms with van der Waals surface area (Å²) in [5.41, 5.74) is 0. The predicted octanol–water partition coefficient (Wildman–Crippen LogP) is 2.80. The van der Waals surface area contributed by atoms with Crippen molar-refractivity contribution in [3.05, 3.63) is 0 Å². The molecule has 0 amide bonds. The zero-order chi connectivity index (χ0) is 14.7. The van der Waals surface area contributed by atoms with E-state index in [0.717, 1.165) is 25.8 Å². The summed E-state index contributed by atoms with van der Waals surface area (Å²) in [5, 5.41) is 0. The monoisotopic (exact) mass is 271 g/mol. The quantitative estimate of drug-likeness (QED) is 0.542. The van der Waals surface area contributed by atoms with Crippen molar-refractivity contribution in [1.29, 1.82) is 0 Å². The SMILES string of the molecule is CCCCN(CC(=O)CCC(=O)OCC)C(C)CC. The van der Waals surface area contributed by atoms with Gasteiger partial charge in [0.1, 0.15) is 5.78 Å². The van der Waals surface area contributed by atoms with E-state index in [-0.39, 0.29) is 24.6 Å². The van der Waals surface area contributed by atoms with E-state index in [1.807, 2.05) is 0 Å². The number of esters is 1. The molecule has 0 fully saturated rings.